The number of hydrogen-bond donors (Lipinski definition) is 0. The van der Waals surface area contributed by atoms with Gasteiger partial charge in [-0.2, -0.15) is 0 Å². The molecule has 0 spiro atoms. The van der Waals surface area contributed by atoms with Crippen LogP contribution < -0.4 is 26.2 Å². The molecule has 2 aliphatic heterocycles. The van der Waals surface area contributed by atoms with Crippen molar-refractivity contribution in [1.82, 2.24) is 0 Å². The minimum absolute atomic E-state index is 0.00886. The van der Waals surface area contributed by atoms with E-state index in [2.05, 4.69) is 251 Å². The summed E-state index contributed by atoms with van der Waals surface area (Å²) in [5.74, 6) is 0. The van der Waals surface area contributed by atoms with Crippen molar-refractivity contribution < 1.29 is 0 Å². The number of benzene rings is 6. The Morgan fingerprint density at radius 1 is 0.386 bits per heavy atom. The maximum atomic E-state index is 2.75. The van der Waals surface area contributed by atoms with Crippen LogP contribution in [0.2, 0.25) is 0 Å². The van der Waals surface area contributed by atoms with Gasteiger partial charge in [0.05, 0.1) is 5.69 Å². The van der Waals surface area contributed by atoms with Gasteiger partial charge >= 0.3 is 0 Å². The zero-order valence-electron chi connectivity index (χ0n) is 46.9. The van der Waals surface area contributed by atoms with E-state index < -0.39 is 0 Å². The molecule has 2 nitrogen and oxygen atoms in total. The molecule has 0 radical (unpaired) electrons. The van der Waals surface area contributed by atoms with E-state index in [9.17, 15) is 0 Å². The van der Waals surface area contributed by atoms with Crippen LogP contribution in [-0.4, -0.2) is 6.71 Å². The Kier molecular flexibility index (Phi) is 10.6. The van der Waals surface area contributed by atoms with E-state index in [4.69, 9.17) is 0 Å². The van der Waals surface area contributed by atoms with Crippen molar-refractivity contribution >= 4 is 57.2 Å². The number of rotatable bonds is 3. The van der Waals surface area contributed by atoms with E-state index in [-0.39, 0.29) is 50.0 Å². The number of nitrogens with zero attached hydrogens (tertiary/aromatic N) is 2. The summed E-state index contributed by atoms with van der Waals surface area (Å²) in [7, 11) is 0. The largest absolute Gasteiger partial charge is 0.311 e. The van der Waals surface area contributed by atoms with Crippen LogP contribution in [0.3, 0.4) is 0 Å². The summed E-state index contributed by atoms with van der Waals surface area (Å²) in [6.45, 7) is 48.2. The van der Waals surface area contributed by atoms with Crippen LogP contribution in [0.1, 0.15) is 202 Å². The second-order valence-corrected chi connectivity index (χ2v) is 29.0. The lowest BCUT2D eigenvalue weighted by Crippen LogP contribution is -2.61. The van der Waals surface area contributed by atoms with Crippen LogP contribution >= 0.6 is 0 Å². The molecule has 0 amide bonds. The molecule has 0 unspecified atom stereocenters. The highest BCUT2D eigenvalue weighted by Crippen LogP contribution is 2.55. The van der Waals surface area contributed by atoms with Gasteiger partial charge in [-0.15, -0.1) is 0 Å². The minimum Gasteiger partial charge on any atom is -0.311 e. The van der Waals surface area contributed by atoms with Gasteiger partial charge in [0.15, 0.2) is 0 Å². The molecule has 0 aromatic heterocycles. The Morgan fingerprint density at radius 3 is 1.50 bits per heavy atom. The first kappa shape index (κ1) is 48.6. The monoisotopic (exact) mass is 927 g/mol. The Hall–Kier alpha value is -5.02. The van der Waals surface area contributed by atoms with E-state index in [1.165, 1.54) is 119 Å². The summed E-state index contributed by atoms with van der Waals surface area (Å²) in [4.78, 5) is 5.40. The third-order valence-electron chi connectivity index (χ3n) is 17.5. The highest BCUT2D eigenvalue weighted by molar-refractivity contribution is 7.00. The van der Waals surface area contributed by atoms with Gasteiger partial charge in [0.1, 0.15) is 0 Å². The summed E-state index contributed by atoms with van der Waals surface area (Å²) < 4.78 is 0. The summed E-state index contributed by atoms with van der Waals surface area (Å²) in [5.41, 5.74) is 25.9. The zero-order chi connectivity index (χ0) is 50.8. The Bertz CT molecular complexity index is 3130. The molecule has 2 heterocycles. The second kappa shape index (κ2) is 15.3. The molecule has 10 rings (SSSR count). The quantitative estimate of drug-likeness (QED) is 0.163. The fourth-order valence-electron chi connectivity index (χ4n) is 13.2. The molecule has 0 fully saturated rings. The first-order chi connectivity index (χ1) is 32.2. The molecular weight excluding hydrogens is 844 g/mol. The second-order valence-electron chi connectivity index (χ2n) is 29.0. The van der Waals surface area contributed by atoms with Gasteiger partial charge in [0.2, 0.25) is 0 Å². The normalized spacial score (nSPS) is 18.5. The highest BCUT2D eigenvalue weighted by atomic mass is 15.2. The number of hydrogen-bond acceptors (Lipinski definition) is 2. The molecule has 6 aromatic carbocycles. The lowest BCUT2D eigenvalue weighted by atomic mass is 9.33. The predicted octanol–water partition coefficient (Wildman–Crippen LogP) is 16.9. The van der Waals surface area contributed by atoms with Crippen LogP contribution in [0.25, 0.3) is 11.1 Å². The maximum absolute atomic E-state index is 2.75. The van der Waals surface area contributed by atoms with Crippen LogP contribution in [0.15, 0.2) is 103 Å². The van der Waals surface area contributed by atoms with Crippen molar-refractivity contribution in [2.45, 2.75) is 201 Å². The zero-order valence-corrected chi connectivity index (χ0v) is 46.9. The Balaban J connectivity index is 1.37. The summed E-state index contributed by atoms with van der Waals surface area (Å²) in [6, 6.07) is 42.5. The average Bonchev–Trinajstić information content (AvgIpc) is 3.44. The van der Waals surface area contributed by atoms with E-state index in [0.29, 0.717) is 0 Å². The first-order valence-electron chi connectivity index (χ1n) is 26.7. The Labute approximate surface area is 424 Å². The van der Waals surface area contributed by atoms with Crippen molar-refractivity contribution in [2.24, 2.45) is 0 Å². The SMILES string of the molecule is CC(C)(C)c1cccc(N2c3cc(C(C)(C)C)ccc3B3c4cc5c(cc4N(c4ccc(C(C)(C)C)cc4-c4ccc6c(c4)C(C)(C)CCC6(C)C)c4cc(C(C)(C)C)cc2c43)C(C)(C)CC5(C)C)c1. The number of anilines is 6. The molecule has 70 heavy (non-hydrogen) atoms. The summed E-state index contributed by atoms with van der Waals surface area (Å²) >= 11 is 0. The van der Waals surface area contributed by atoms with Crippen molar-refractivity contribution in [3.63, 3.8) is 0 Å². The lowest BCUT2D eigenvalue weighted by molar-refractivity contribution is 0.332. The third kappa shape index (κ3) is 7.73. The van der Waals surface area contributed by atoms with Crippen LogP contribution in [0.4, 0.5) is 34.1 Å². The van der Waals surface area contributed by atoms with Crippen molar-refractivity contribution in [1.29, 1.82) is 0 Å². The van der Waals surface area contributed by atoms with Crippen LogP contribution in [-0.2, 0) is 43.3 Å². The summed E-state index contributed by atoms with van der Waals surface area (Å²) in [6.07, 6.45) is 3.50. The van der Waals surface area contributed by atoms with Gasteiger partial charge in [0.25, 0.3) is 6.71 Å². The van der Waals surface area contributed by atoms with E-state index in [1.807, 2.05) is 0 Å². The standard InChI is InChI=1S/C67H83BN2/c1-60(2,3)42-22-21-23-46(33-42)69-55-35-44(62(7,8)9)25-28-52(55)68-53-38-50-51(67(19,20)40-66(50,17)18)39-56(53)70(58-37-45(63(10,11)12)36-57(69)59(58)68)54-29-26-43(61(4,5)6)34-47(54)41-24-27-48-49(32-41)65(15,16)31-30-64(48,13)14/h21-29,32-39H,30-31,40H2,1-20H3. The molecule has 0 N–H and O–H groups in total. The van der Waals surface area contributed by atoms with Gasteiger partial charge in [0, 0.05) is 34.0 Å². The van der Waals surface area contributed by atoms with Gasteiger partial charge in [-0.3, -0.25) is 0 Å². The topological polar surface area (TPSA) is 6.48 Å². The molecule has 364 valence electrons. The molecule has 2 aliphatic carbocycles. The molecule has 0 saturated heterocycles. The van der Waals surface area contributed by atoms with Crippen molar-refractivity contribution in [3.05, 3.63) is 148 Å². The van der Waals surface area contributed by atoms with Crippen molar-refractivity contribution in [2.75, 3.05) is 9.80 Å². The Morgan fingerprint density at radius 2 is 0.886 bits per heavy atom. The van der Waals surface area contributed by atoms with Gasteiger partial charge in [-0.05, 0) is 178 Å². The molecule has 6 aromatic rings. The van der Waals surface area contributed by atoms with Gasteiger partial charge < -0.3 is 9.80 Å². The fraction of sp³-hybridized carbons (Fsp3) is 0.463. The summed E-state index contributed by atoms with van der Waals surface area (Å²) in [5, 5.41) is 0. The fourth-order valence-corrected chi connectivity index (χ4v) is 13.2. The van der Waals surface area contributed by atoms with E-state index in [0.717, 1.165) is 6.42 Å². The molecule has 0 saturated carbocycles. The van der Waals surface area contributed by atoms with Crippen LogP contribution in [0, 0.1) is 0 Å². The molecule has 4 aliphatic rings. The predicted molar refractivity (Wildman–Crippen MR) is 307 cm³/mol. The van der Waals surface area contributed by atoms with Gasteiger partial charge in [-0.1, -0.05) is 193 Å². The number of fused-ring (bicyclic) bond motifs is 6. The minimum atomic E-state index is -0.126. The molecule has 0 bridgehead atoms. The highest BCUT2D eigenvalue weighted by Gasteiger charge is 2.49. The maximum Gasteiger partial charge on any atom is 0.252 e. The lowest BCUT2D eigenvalue weighted by Gasteiger charge is -2.46. The molecule has 0 atom stereocenters. The van der Waals surface area contributed by atoms with Crippen LogP contribution in [0.5, 0.6) is 0 Å². The van der Waals surface area contributed by atoms with E-state index >= 15 is 0 Å². The first-order valence-corrected chi connectivity index (χ1v) is 26.7. The van der Waals surface area contributed by atoms with Gasteiger partial charge in [-0.25, -0.2) is 0 Å². The smallest absolute Gasteiger partial charge is 0.252 e. The van der Waals surface area contributed by atoms with Crippen molar-refractivity contribution in [3.8, 4) is 11.1 Å². The third-order valence-corrected chi connectivity index (χ3v) is 17.5. The van der Waals surface area contributed by atoms with E-state index in [1.54, 1.807) is 0 Å². The average molecular weight is 927 g/mol. The molecule has 3 heteroatoms. The molecular formula is C67H83BN2.